The van der Waals surface area contributed by atoms with Gasteiger partial charge in [0.05, 0.1) is 10.1 Å². The number of aromatic nitrogens is 1. The van der Waals surface area contributed by atoms with Crippen LogP contribution in [0.3, 0.4) is 0 Å². The number of carbonyl (C=O) groups is 1. The summed E-state index contributed by atoms with van der Waals surface area (Å²) < 4.78 is 2.76. The summed E-state index contributed by atoms with van der Waals surface area (Å²) in [4.78, 5) is 28.9. The number of likely N-dealkylation sites (N-methyl/N-ethyl adjacent to an activating group) is 1. The Kier molecular flexibility index (Phi) is 6.23. The van der Waals surface area contributed by atoms with Gasteiger partial charge in [-0.15, -0.1) is 0 Å². The van der Waals surface area contributed by atoms with Crippen LogP contribution in [0.2, 0.25) is 0 Å². The van der Waals surface area contributed by atoms with Crippen molar-refractivity contribution in [3.63, 3.8) is 0 Å². The van der Waals surface area contributed by atoms with E-state index in [4.69, 9.17) is 0 Å². The Balaban J connectivity index is 1.36. The first-order valence-corrected chi connectivity index (χ1v) is 9.67. The highest BCUT2D eigenvalue weighted by Crippen LogP contribution is 2.16. The second kappa shape index (κ2) is 8.60. The van der Waals surface area contributed by atoms with E-state index in [-0.39, 0.29) is 11.5 Å². The fraction of sp³-hybridized carbons (Fsp3) is 0.556. The minimum absolute atomic E-state index is 0.0519. The van der Waals surface area contributed by atoms with Gasteiger partial charge in [0.15, 0.2) is 0 Å². The average Bonchev–Trinajstić information content (AvgIpc) is 2.93. The minimum Gasteiger partial charge on any atom is -0.355 e. The molecule has 7 heteroatoms. The first kappa shape index (κ1) is 18.1. The van der Waals surface area contributed by atoms with Crippen LogP contribution in [-0.2, 0) is 11.3 Å². The minimum atomic E-state index is 0.0519. The van der Waals surface area contributed by atoms with E-state index >= 15 is 0 Å². The average molecular weight is 362 g/mol. The van der Waals surface area contributed by atoms with Gasteiger partial charge >= 0.3 is 0 Å². The van der Waals surface area contributed by atoms with Crippen molar-refractivity contribution in [2.75, 3.05) is 46.3 Å². The molecular weight excluding hydrogens is 336 g/mol. The molecule has 6 nitrogen and oxygen atoms in total. The number of fused-ring (bicyclic) bond motifs is 1. The van der Waals surface area contributed by atoms with Crippen LogP contribution in [0.15, 0.2) is 29.1 Å². The van der Waals surface area contributed by atoms with Gasteiger partial charge in [-0.25, -0.2) is 0 Å². The van der Waals surface area contributed by atoms with Gasteiger partial charge in [0.1, 0.15) is 0 Å². The zero-order valence-electron chi connectivity index (χ0n) is 14.7. The lowest BCUT2D eigenvalue weighted by molar-refractivity contribution is -0.121. The Bertz CT molecular complexity index is 762. The molecule has 1 N–H and O–H groups in total. The van der Waals surface area contributed by atoms with Crippen LogP contribution in [0.5, 0.6) is 0 Å². The molecule has 1 aliphatic rings. The second-order valence-electron chi connectivity index (χ2n) is 6.59. The number of hydrogen-bond donors (Lipinski definition) is 1. The molecule has 0 saturated carbocycles. The highest BCUT2D eigenvalue weighted by molar-refractivity contribution is 7.13. The Morgan fingerprint density at radius 1 is 1.16 bits per heavy atom. The molecule has 1 aliphatic heterocycles. The van der Waals surface area contributed by atoms with Crippen molar-refractivity contribution < 1.29 is 4.79 Å². The van der Waals surface area contributed by atoms with E-state index in [1.807, 2.05) is 24.3 Å². The maximum absolute atomic E-state index is 12.2. The van der Waals surface area contributed by atoms with Crippen LogP contribution in [0, 0.1) is 0 Å². The van der Waals surface area contributed by atoms with Gasteiger partial charge in [-0.3, -0.25) is 18.4 Å². The normalized spacial score (nSPS) is 16.4. The fourth-order valence-corrected chi connectivity index (χ4v) is 4.09. The Labute approximate surface area is 152 Å². The third kappa shape index (κ3) is 4.90. The molecule has 1 aromatic carbocycles. The second-order valence-corrected chi connectivity index (χ2v) is 7.66. The van der Waals surface area contributed by atoms with E-state index in [9.17, 15) is 9.59 Å². The molecule has 0 radical (unpaired) electrons. The molecule has 0 unspecified atom stereocenters. The lowest BCUT2D eigenvalue weighted by Gasteiger charge is -2.32. The number of carbonyl (C=O) groups excluding carboxylic acids is 1. The third-order valence-corrected chi connectivity index (χ3v) is 5.79. The molecule has 1 saturated heterocycles. The van der Waals surface area contributed by atoms with Crippen LogP contribution in [0.25, 0.3) is 10.1 Å². The first-order valence-electron chi connectivity index (χ1n) is 8.90. The Morgan fingerprint density at radius 3 is 2.68 bits per heavy atom. The van der Waals surface area contributed by atoms with Crippen molar-refractivity contribution in [1.82, 2.24) is 19.1 Å². The summed E-state index contributed by atoms with van der Waals surface area (Å²) in [5.74, 6) is 0.0725. The summed E-state index contributed by atoms with van der Waals surface area (Å²) in [6, 6.07) is 7.64. The van der Waals surface area contributed by atoms with Gasteiger partial charge in [-0.2, -0.15) is 0 Å². The molecule has 136 valence electrons. The number of rotatable bonds is 7. The molecule has 2 heterocycles. The summed E-state index contributed by atoms with van der Waals surface area (Å²) in [7, 11) is 2.14. The van der Waals surface area contributed by atoms with Crippen LogP contribution in [-0.4, -0.2) is 66.0 Å². The zero-order chi connectivity index (χ0) is 17.6. The molecule has 3 rings (SSSR count). The molecule has 2 aromatic rings. The summed E-state index contributed by atoms with van der Waals surface area (Å²) in [5, 5.41) is 3.76. The molecule has 1 amide bonds. The first-order chi connectivity index (χ1) is 12.1. The molecule has 25 heavy (non-hydrogen) atoms. The third-order valence-electron chi connectivity index (χ3n) is 4.66. The zero-order valence-corrected chi connectivity index (χ0v) is 15.6. The molecule has 0 aliphatic carbocycles. The van der Waals surface area contributed by atoms with E-state index < -0.39 is 0 Å². The van der Waals surface area contributed by atoms with Crippen LogP contribution in [0.4, 0.5) is 0 Å². The highest BCUT2D eigenvalue weighted by Gasteiger charge is 2.13. The molecule has 0 atom stereocenters. The van der Waals surface area contributed by atoms with Crippen molar-refractivity contribution >= 4 is 27.5 Å². The Hall–Kier alpha value is -1.70. The number of piperazine rings is 1. The van der Waals surface area contributed by atoms with Gasteiger partial charge in [-0.1, -0.05) is 23.7 Å². The molecule has 1 fully saturated rings. The van der Waals surface area contributed by atoms with Crippen molar-refractivity contribution in [1.29, 1.82) is 0 Å². The van der Waals surface area contributed by atoms with Crippen LogP contribution < -0.4 is 10.9 Å². The van der Waals surface area contributed by atoms with Crippen molar-refractivity contribution in [2.45, 2.75) is 19.4 Å². The topological polar surface area (TPSA) is 57.6 Å². The van der Waals surface area contributed by atoms with E-state index in [2.05, 4.69) is 22.2 Å². The van der Waals surface area contributed by atoms with Crippen molar-refractivity contribution in [3.05, 3.63) is 34.6 Å². The van der Waals surface area contributed by atoms with Crippen molar-refractivity contribution in [3.8, 4) is 0 Å². The number of amides is 1. The predicted molar refractivity (Wildman–Crippen MR) is 102 cm³/mol. The van der Waals surface area contributed by atoms with Gasteiger partial charge < -0.3 is 10.2 Å². The number of benzene rings is 1. The van der Waals surface area contributed by atoms with E-state index in [0.29, 0.717) is 25.9 Å². The molecular formula is C18H26N4O2S. The monoisotopic (exact) mass is 362 g/mol. The number of nitrogens with zero attached hydrogens (tertiary/aromatic N) is 3. The van der Waals surface area contributed by atoms with Gasteiger partial charge in [0.25, 0.3) is 5.56 Å². The SMILES string of the molecule is CN1CCN(CCNC(=O)CCCn2sc3ccccc3c2=O)CC1. The van der Waals surface area contributed by atoms with E-state index in [0.717, 1.165) is 42.8 Å². The van der Waals surface area contributed by atoms with Gasteiger partial charge in [0.2, 0.25) is 5.91 Å². The summed E-state index contributed by atoms with van der Waals surface area (Å²) in [5.41, 5.74) is 0.0519. The summed E-state index contributed by atoms with van der Waals surface area (Å²) in [6.45, 7) is 6.54. The quantitative estimate of drug-likeness (QED) is 0.804. The number of nitrogens with one attached hydrogen (secondary N) is 1. The van der Waals surface area contributed by atoms with Crippen LogP contribution >= 0.6 is 11.5 Å². The number of aryl methyl sites for hydroxylation is 1. The molecule has 0 bridgehead atoms. The van der Waals surface area contributed by atoms with Gasteiger partial charge in [0, 0.05) is 52.2 Å². The fourth-order valence-electron chi connectivity index (χ4n) is 3.06. The van der Waals surface area contributed by atoms with E-state index in [1.54, 1.807) is 3.96 Å². The highest BCUT2D eigenvalue weighted by atomic mass is 32.1. The lowest BCUT2D eigenvalue weighted by atomic mass is 10.2. The largest absolute Gasteiger partial charge is 0.355 e. The van der Waals surface area contributed by atoms with Crippen molar-refractivity contribution in [2.24, 2.45) is 0 Å². The molecule has 1 aromatic heterocycles. The maximum Gasteiger partial charge on any atom is 0.268 e. The predicted octanol–water partition coefficient (Wildman–Crippen LogP) is 1.21. The smallest absolute Gasteiger partial charge is 0.268 e. The lowest BCUT2D eigenvalue weighted by Crippen LogP contribution is -2.46. The molecule has 0 spiro atoms. The number of hydrogen-bond acceptors (Lipinski definition) is 5. The maximum atomic E-state index is 12.2. The van der Waals surface area contributed by atoms with E-state index in [1.165, 1.54) is 11.5 Å². The standard InChI is InChI=1S/C18H26N4O2S/c1-20-11-13-21(14-12-20)10-8-19-17(23)7-4-9-22-18(24)15-5-2-3-6-16(15)25-22/h2-3,5-6H,4,7-14H2,1H3,(H,19,23). The summed E-state index contributed by atoms with van der Waals surface area (Å²) >= 11 is 1.47. The van der Waals surface area contributed by atoms with Crippen LogP contribution in [0.1, 0.15) is 12.8 Å². The van der Waals surface area contributed by atoms with Gasteiger partial charge in [-0.05, 0) is 25.6 Å². The summed E-state index contributed by atoms with van der Waals surface area (Å²) in [6.07, 6.45) is 1.15. The Morgan fingerprint density at radius 2 is 1.92 bits per heavy atom.